The number of amides is 1. The van der Waals surface area contributed by atoms with Crippen LogP contribution in [0.3, 0.4) is 0 Å². The summed E-state index contributed by atoms with van der Waals surface area (Å²) in [5.41, 5.74) is 4.40. The number of hydrazone groups is 1. The number of hydrogen-bond acceptors (Lipinski definition) is 2. The molecule has 0 saturated heterocycles. The van der Waals surface area contributed by atoms with Crippen molar-refractivity contribution < 1.29 is 4.79 Å². The Labute approximate surface area is 122 Å². The molecule has 0 heterocycles. The Balaban J connectivity index is 1.92. The SMILES string of the molecule is CCC1CCC(=NNC(=O)c2ccccc2Br)CC1. The van der Waals surface area contributed by atoms with Gasteiger partial charge in [-0.25, -0.2) is 5.43 Å². The van der Waals surface area contributed by atoms with Gasteiger partial charge in [-0.1, -0.05) is 25.5 Å². The normalized spacial score (nSPS) is 19.1. The maximum absolute atomic E-state index is 12.0. The van der Waals surface area contributed by atoms with E-state index in [0.717, 1.165) is 28.9 Å². The van der Waals surface area contributed by atoms with Gasteiger partial charge in [-0.15, -0.1) is 0 Å². The van der Waals surface area contributed by atoms with Gasteiger partial charge in [-0.05, 0) is 59.7 Å². The Morgan fingerprint density at radius 3 is 2.68 bits per heavy atom. The van der Waals surface area contributed by atoms with Crippen LogP contribution in [-0.4, -0.2) is 11.6 Å². The van der Waals surface area contributed by atoms with Crippen LogP contribution >= 0.6 is 15.9 Å². The fourth-order valence-electron chi connectivity index (χ4n) is 2.37. The number of hydrogen-bond donors (Lipinski definition) is 1. The lowest BCUT2D eigenvalue weighted by Gasteiger charge is -2.21. The van der Waals surface area contributed by atoms with Crippen molar-refractivity contribution >= 4 is 27.5 Å². The molecular formula is C15H19BrN2O. The summed E-state index contributed by atoms with van der Waals surface area (Å²) in [5.74, 6) is 0.676. The van der Waals surface area contributed by atoms with Crippen LogP contribution in [0.15, 0.2) is 33.8 Å². The molecule has 3 nitrogen and oxygen atoms in total. The minimum atomic E-state index is -0.155. The first kappa shape index (κ1) is 14.3. The molecule has 0 aromatic heterocycles. The molecule has 1 aliphatic carbocycles. The van der Waals surface area contributed by atoms with E-state index < -0.39 is 0 Å². The smallest absolute Gasteiger partial charge is 0.267 e. The summed E-state index contributed by atoms with van der Waals surface area (Å²) in [6, 6.07) is 7.38. The van der Waals surface area contributed by atoms with Crippen LogP contribution in [0.4, 0.5) is 0 Å². The zero-order valence-corrected chi connectivity index (χ0v) is 12.7. The number of benzene rings is 1. The lowest BCUT2D eigenvalue weighted by atomic mass is 9.86. The molecule has 0 atom stereocenters. The number of carbonyl (C=O) groups is 1. The van der Waals surface area contributed by atoms with E-state index >= 15 is 0 Å². The summed E-state index contributed by atoms with van der Waals surface area (Å²) in [5, 5.41) is 4.27. The van der Waals surface area contributed by atoms with Crippen molar-refractivity contribution in [1.82, 2.24) is 5.43 Å². The molecule has 0 spiro atoms. The monoisotopic (exact) mass is 322 g/mol. The van der Waals surface area contributed by atoms with Gasteiger partial charge in [0.1, 0.15) is 0 Å². The van der Waals surface area contributed by atoms with Gasteiger partial charge in [0, 0.05) is 10.2 Å². The van der Waals surface area contributed by atoms with Gasteiger partial charge in [0.15, 0.2) is 0 Å². The van der Waals surface area contributed by atoms with E-state index in [1.54, 1.807) is 6.07 Å². The van der Waals surface area contributed by atoms with E-state index in [4.69, 9.17) is 0 Å². The number of halogens is 1. The second-order valence-electron chi connectivity index (χ2n) is 4.95. The predicted octanol–water partition coefficient (Wildman–Crippen LogP) is 4.14. The molecule has 102 valence electrons. The van der Waals surface area contributed by atoms with E-state index in [1.165, 1.54) is 19.3 Å². The van der Waals surface area contributed by atoms with E-state index in [2.05, 4.69) is 33.4 Å². The second kappa shape index (κ2) is 6.85. The second-order valence-corrected chi connectivity index (χ2v) is 5.80. The van der Waals surface area contributed by atoms with Crippen molar-refractivity contribution in [3.8, 4) is 0 Å². The third kappa shape index (κ3) is 3.90. The average molecular weight is 323 g/mol. The molecule has 1 aromatic carbocycles. The van der Waals surface area contributed by atoms with Crippen LogP contribution in [0.2, 0.25) is 0 Å². The van der Waals surface area contributed by atoms with Gasteiger partial charge in [0.2, 0.25) is 0 Å². The highest BCUT2D eigenvalue weighted by Gasteiger charge is 2.16. The van der Waals surface area contributed by atoms with Gasteiger partial charge in [0.05, 0.1) is 5.56 Å². The Morgan fingerprint density at radius 2 is 2.05 bits per heavy atom. The summed E-state index contributed by atoms with van der Waals surface area (Å²) < 4.78 is 0.794. The minimum absolute atomic E-state index is 0.155. The maximum Gasteiger partial charge on any atom is 0.272 e. The van der Waals surface area contributed by atoms with Crippen LogP contribution in [0.5, 0.6) is 0 Å². The van der Waals surface area contributed by atoms with E-state index in [-0.39, 0.29) is 5.91 Å². The van der Waals surface area contributed by atoms with Crippen molar-refractivity contribution in [3.05, 3.63) is 34.3 Å². The summed E-state index contributed by atoms with van der Waals surface area (Å²) >= 11 is 3.37. The number of carbonyl (C=O) groups excluding carboxylic acids is 1. The quantitative estimate of drug-likeness (QED) is 0.835. The van der Waals surface area contributed by atoms with Crippen LogP contribution in [0.25, 0.3) is 0 Å². The van der Waals surface area contributed by atoms with Crippen molar-refractivity contribution in [1.29, 1.82) is 0 Å². The molecule has 0 bridgehead atoms. The lowest BCUT2D eigenvalue weighted by molar-refractivity contribution is 0.0953. The lowest BCUT2D eigenvalue weighted by Crippen LogP contribution is -2.22. The highest BCUT2D eigenvalue weighted by Crippen LogP contribution is 2.24. The Bertz CT molecular complexity index is 475. The summed E-state index contributed by atoms with van der Waals surface area (Å²) in [4.78, 5) is 12.0. The third-order valence-corrected chi connectivity index (χ3v) is 4.39. The first-order chi connectivity index (χ1) is 9.20. The van der Waals surface area contributed by atoms with Crippen molar-refractivity contribution in [2.24, 2.45) is 11.0 Å². The van der Waals surface area contributed by atoms with Crippen molar-refractivity contribution in [2.45, 2.75) is 39.0 Å². The van der Waals surface area contributed by atoms with Crippen LogP contribution in [-0.2, 0) is 0 Å². The Kier molecular flexibility index (Phi) is 5.14. The average Bonchev–Trinajstić information content (AvgIpc) is 2.46. The highest BCUT2D eigenvalue weighted by molar-refractivity contribution is 9.10. The molecular weight excluding hydrogens is 304 g/mol. The van der Waals surface area contributed by atoms with Crippen LogP contribution < -0.4 is 5.43 Å². The van der Waals surface area contributed by atoms with Gasteiger partial charge < -0.3 is 0 Å². The molecule has 1 aromatic rings. The molecule has 19 heavy (non-hydrogen) atoms. The molecule has 1 N–H and O–H groups in total. The van der Waals surface area contributed by atoms with Gasteiger partial charge in [-0.2, -0.15) is 5.10 Å². The summed E-state index contributed by atoms with van der Waals surface area (Å²) in [7, 11) is 0. The Hall–Kier alpha value is -1.16. The third-order valence-electron chi connectivity index (χ3n) is 3.69. The standard InChI is InChI=1S/C15H19BrN2O/c1-2-11-7-9-12(10-8-11)17-18-15(19)13-5-3-4-6-14(13)16/h3-6,11H,2,7-10H2,1H3,(H,18,19). The first-order valence-electron chi connectivity index (χ1n) is 6.81. The minimum Gasteiger partial charge on any atom is -0.267 e. The number of nitrogens with zero attached hydrogens (tertiary/aromatic N) is 1. The van der Waals surface area contributed by atoms with Crippen molar-refractivity contribution in [2.75, 3.05) is 0 Å². The highest BCUT2D eigenvalue weighted by atomic mass is 79.9. The molecule has 1 saturated carbocycles. The van der Waals surface area contributed by atoms with E-state index in [0.29, 0.717) is 5.56 Å². The first-order valence-corrected chi connectivity index (χ1v) is 7.60. The summed E-state index contributed by atoms with van der Waals surface area (Å²) in [6.07, 6.45) is 5.65. The van der Waals surface area contributed by atoms with Crippen LogP contribution in [0.1, 0.15) is 49.4 Å². The van der Waals surface area contributed by atoms with Gasteiger partial charge in [0.25, 0.3) is 5.91 Å². The van der Waals surface area contributed by atoms with Crippen LogP contribution in [0, 0.1) is 5.92 Å². The molecule has 1 aliphatic rings. The number of nitrogens with one attached hydrogen (secondary N) is 1. The molecule has 1 amide bonds. The zero-order chi connectivity index (χ0) is 13.7. The van der Waals surface area contributed by atoms with Gasteiger partial charge in [-0.3, -0.25) is 4.79 Å². The fraction of sp³-hybridized carbons (Fsp3) is 0.467. The van der Waals surface area contributed by atoms with Gasteiger partial charge >= 0.3 is 0 Å². The fourth-order valence-corrected chi connectivity index (χ4v) is 2.83. The zero-order valence-electron chi connectivity index (χ0n) is 11.2. The molecule has 0 radical (unpaired) electrons. The maximum atomic E-state index is 12.0. The molecule has 0 unspecified atom stereocenters. The van der Waals surface area contributed by atoms with Crippen molar-refractivity contribution in [3.63, 3.8) is 0 Å². The molecule has 4 heteroatoms. The van der Waals surface area contributed by atoms with E-state index in [1.807, 2.05) is 18.2 Å². The molecule has 2 rings (SSSR count). The molecule has 1 fully saturated rings. The summed E-state index contributed by atoms with van der Waals surface area (Å²) in [6.45, 7) is 2.24. The largest absolute Gasteiger partial charge is 0.272 e. The number of rotatable bonds is 3. The Morgan fingerprint density at radius 1 is 1.37 bits per heavy atom. The van der Waals surface area contributed by atoms with E-state index in [9.17, 15) is 4.79 Å². The topological polar surface area (TPSA) is 41.5 Å². The predicted molar refractivity (Wildman–Crippen MR) is 81.3 cm³/mol. The molecule has 0 aliphatic heterocycles.